The van der Waals surface area contributed by atoms with Gasteiger partial charge in [0.2, 0.25) is 0 Å². The number of aromatic nitrogens is 1. The molecule has 0 saturated heterocycles. The molecule has 8 heteroatoms. The van der Waals surface area contributed by atoms with Crippen LogP contribution in [0.5, 0.6) is 0 Å². The third-order valence-electron chi connectivity index (χ3n) is 6.35. The summed E-state index contributed by atoms with van der Waals surface area (Å²) in [5.74, 6) is 0. The molecule has 1 aliphatic carbocycles. The van der Waals surface area contributed by atoms with Gasteiger partial charge in [-0.2, -0.15) is 0 Å². The Morgan fingerprint density at radius 1 is 0.757 bits per heavy atom. The zero-order chi connectivity index (χ0) is 26.1. The maximum absolute atomic E-state index is 11.6. The molecule has 2 heterocycles. The minimum absolute atomic E-state index is 0.0256. The third kappa shape index (κ3) is 4.60. The highest BCUT2D eigenvalue weighted by Crippen LogP contribution is 2.49. The van der Waals surface area contributed by atoms with Gasteiger partial charge in [-0.25, -0.2) is 4.57 Å². The molecule has 0 atom stereocenters. The van der Waals surface area contributed by atoms with Gasteiger partial charge in [-0.15, -0.1) is 0 Å². The van der Waals surface area contributed by atoms with Gasteiger partial charge >= 0.3 is 0 Å². The van der Waals surface area contributed by atoms with Crippen molar-refractivity contribution in [2.45, 2.75) is 0 Å². The van der Waals surface area contributed by atoms with Crippen LogP contribution in [0.3, 0.4) is 0 Å². The van der Waals surface area contributed by atoms with Crippen LogP contribution >= 0.6 is 0 Å². The Balaban J connectivity index is 1.87. The van der Waals surface area contributed by atoms with Gasteiger partial charge in [-0.3, -0.25) is 20.2 Å². The minimum Gasteiger partial charge on any atom is -0.357 e. The Hall–Kier alpha value is -5.11. The number of hydrogen-bond acceptors (Lipinski definition) is 5. The van der Waals surface area contributed by atoms with Crippen LogP contribution in [0.2, 0.25) is 0 Å². The van der Waals surface area contributed by atoms with E-state index in [0.717, 1.165) is 33.4 Å². The molecule has 0 spiro atoms. The molecule has 0 N–H and O–H groups in total. The molecule has 0 unspecified atom stereocenters. The third-order valence-corrected chi connectivity index (χ3v) is 6.35. The number of nitrogens with zero attached hydrogens (tertiary/aromatic N) is 4. The number of nitro groups is 2. The maximum Gasteiger partial charge on any atom is 0.270 e. The molecule has 3 aromatic rings. The summed E-state index contributed by atoms with van der Waals surface area (Å²) < 4.78 is 1.93. The Morgan fingerprint density at radius 2 is 1.30 bits per heavy atom. The van der Waals surface area contributed by atoms with Crippen LogP contribution in [-0.2, 0) is 7.05 Å². The molecule has 0 radical (unpaired) electrons. The molecule has 0 saturated carbocycles. The van der Waals surface area contributed by atoms with Crippen LogP contribution in [0.15, 0.2) is 115 Å². The summed E-state index contributed by atoms with van der Waals surface area (Å²) in [5.41, 5.74) is 6.44. The lowest BCUT2D eigenvalue weighted by Gasteiger charge is -2.17. The topological polar surface area (TPSA) is 93.4 Å². The molecule has 2 aromatic carbocycles. The number of benzene rings is 2. The van der Waals surface area contributed by atoms with Crippen LogP contribution in [0.4, 0.5) is 11.4 Å². The summed E-state index contributed by atoms with van der Waals surface area (Å²) in [4.78, 5) is 24.4. The molecular formula is C29H23N4O4+. The van der Waals surface area contributed by atoms with E-state index in [9.17, 15) is 20.2 Å². The number of hydrogen-bond donors (Lipinski definition) is 0. The molecule has 1 aromatic heterocycles. The summed E-state index contributed by atoms with van der Waals surface area (Å²) in [6, 6.07) is 17.0. The molecule has 1 aliphatic heterocycles. The van der Waals surface area contributed by atoms with Gasteiger partial charge in [0, 0.05) is 55.8 Å². The van der Waals surface area contributed by atoms with Gasteiger partial charge in [-0.1, -0.05) is 24.3 Å². The first-order chi connectivity index (χ1) is 17.8. The summed E-state index contributed by atoms with van der Waals surface area (Å²) in [5, 5.41) is 23.3. The van der Waals surface area contributed by atoms with Gasteiger partial charge in [0.1, 0.15) is 7.05 Å². The molecular weight excluding hydrogens is 468 g/mol. The Kier molecular flexibility index (Phi) is 6.07. The molecule has 8 nitrogen and oxygen atoms in total. The lowest BCUT2D eigenvalue weighted by atomic mass is 9.88. The van der Waals surface area contributed by atoms with Crippen molar-refractivity contribution in [3.05, 3.63) is 152 Å². The fourth-order valence-electron chi connectivity index (χ4n) is 4.52. The first kappa shape index (κ1) is 23.6. The highest BCUT2D eigenvalue weighted by molar-refractivity contribution is 6.24. The normalized spacial score (nSPS) is 14.9. The summed E-state index contributed by atoms with van der Waals surface area (Å²) in [6.45, 7) is 0. The Bertz CT molecular complexity index is 1580. The zero-order valence-corrected chi connectivity index (χ0v) is 20.2. The second kappa shape index (κ2) is 9.50. The van der Waals surface area contributed by atoms with E-state index >= 15 is 0 Å². The van der Waals surface area contributed by atoms with Gasteiger partial charge in [0.25, 0.3) is 11.4 Å². The number of rotatable bonds is 5. The molecule has 182 valence electrons. The van der Waals surface area contributed by atoms with Gasteiger partial charge in [-0.05, 0) is 62.8 Å². The van der Waals surface area contributed by atoms with E-state index in [0.29, 0.717) is 11.1 Å². The van der Waals surface area contributed by atoms with Crippen molar-refractivity contribution in [2.24, 2.45) is 7.05 Å². The molecule has 0 bridgehead atoms. The largest absolute Gasteiger partial charge is 0.357 e. The van der Waals surface area contributed by atoms with Crippen LogP contribution < -0.4 is 4.57 Å². The van der Waals surface area contributed by atoms with E-state index in [1.807, 2.05) is 84.8 Å². The number of allylic oxidation sites excluding steroid dienone is 8. The van der Waals surface area contributed by atoms with E-state index in [1.165, 1.54) is 12.1 Å². The van der Waals surface area contributed by atoms with Crippen molar-refractivity contribution in [3.63, 3.8) is 0 Å². The van der Waals surface area contributed by atoms with Crippen molar-refractivity contribution < 1.29 is 14.4 Å². The predicted octanol–water partition coefficient (Wildman–Crippen LogP) is 5.60. The van der Waals surface area contributed by atoms with E-state index in [-0.39, 0.29) is 11.4 Å². The minimum atomic E-state index is -0.417. The molecule has 5 rings (SSSR count). The monoisotopic (exact) mass is 491 g/mol. The van der Waals surface area contributed by atoms with Crippen molar-refractivity contribution in [2.75, 3.05) is 7.05 Å². The van der Waals surface area contributed by atoms with Crippen molar-refractivity contribution in [3.8, 4) is 0 Å². The first-order valence-corrected chi connectivity index (χ1v) is 11.6. The molecule has 0 fully saturated rings. The number of non-ortho nitro benzene ring substituents is 2. The van der Waals surface area contributed by atoms with Crippen LogP contribution in [0, 0.1) is 20.2 Å². The average molecular weight is 492 g/mol. The summed E-state index contributed by atoms with van der Waals surface area (Å²) in [6.07, 6.45) is 13.8. The molecule has 2 aliphatic rings. The quantitative estimate of drug-likeness (QED) is 0.263. The Labute approximate surface area is 213 Å². The lowest BCUT2D eigenvalue weighted by Crippen LogP contribution is -2.25. The van der Waals surface area contributed by atoms with Crippen LogP contribution in [-0.4, -0.2) is 21.8 Å². The van der Waals surface area contributed by atoms with Gasteiger partial charge in [0.05, 0.1) is 9.85 Å². The van der Waals surface area contributed by atoms with Crippen molar-refractivity contribution in [1.82, 2.24) is 4.90 Å². The second-order valence-corrected chi connectivity index (χ2v) is 8.84. The SMILES string of the molecule is CN1C=CC(=C2C=C(c3cc[n+](C)cc3)C(c3cccc([N+](=O)[O-])c3)=C2c2cccc([N+](=O)[O-])c2)C=C1. The van der Waals surface area contributed by atoms with E-state index in [1.54, 1.807) is 24.3 Å². The standard InChI is InChI=1S/C29H23N4O4/c1-30-13-9-20(10-14-30)26-19-27(21-11-15-31(2)16-12-21)29(23-6-4-8-25(18-23)33(36)37)28(26)22-5-3-7-24(17-22)32(34)35/h3-19H,1-2H3/q+1. The number of aryl methyl sites for hydroxylation is 1. The summed E-state index contributed by atoms with van der Waals surface area (Å²) in [7, 11) is 3.86. The highest BCUT2D eigenvalue weighted by Gasteiger charge is 2.29. The van der Waals surface area contributed by atoms with E-state index in [2.05, 4.69) is 6.08 Å². The first-order valence-electron chi connectivity index (χ1n) is 11.6. The molecule has 0 amide bonds. The fraction of sp³-hybridized carbons (Fsp3) is 0.0690. The average Bonchev–Trinajstić information content (AvgIpc) is 3.30. The van der Waals surface area contributed by atoms with Gasteiger partial charge in [0.15, 0.2) is 12.4 Å². The lowest BCUT2D eigenvalue weighted by molar-refractivity contribution is -0.671. The Morgan fingerprint density at radius 3 is 1.84 bits per heavy atom. The van der Waals surface area contributed by atoms with Crippen molar-refractivity contribution >= 4 is 28.1 Å². The predicted molar refractivity (Wildman–Crippen MR) is 142 cm³/mol. The maximum atomic E-state index is 11.6. The van der Waals surface area contributed by atoms with E-state index in [4.69, 9.17) is 0 Å². The van der Waals surface area contributed by atoms with Crippen LogP contribution in [0.1, 0.15) is 16.7 Å². The smallest absolute Gasteiger partial charge is 0.270 e. The van der Waals surface area contributed by atoms with Crippen molar-refractivity contribution in [1.29, 1.82) is 0 Å². The second-order valence-electron chi connectivity index (χ2n) is 8.84. The number of pyridine rings is 1. The van der Waals surface area contributed by atoms with E-state index < -0.39 is 9.85 Å². The number of nitro benzene ring substituents is 2. The molecule has 37 heavy (non-hydrogen) atoms. The van der Waals surface area contributed by atoms with Crippen LogP contribution in [0.25, 0.3) is 16.7 Å². The fourth-order valence-corrected chi connectivity index (χ4v) is 4.52. The highest BCUT2D eigenvalue weighted by atomic mass is 16.6. The zero-order valence-electron chi connectivity index (χ0n) is 20.2. The van der Waals surface area contributed by atoms with Gasteiger partial charge < -0.3 is 4.90 Å². The summed E-state index contributed by atoms with van der Waals surface area (Å²) >= 11 is 0.